The summed E-state index contributed by atoms with van der Waals surface area (Å²) >= 11 is 12.0. The van der Waals surface area contributed by atoms with Gasteiger partial charge in [-0.15, -0.1) is 0 Å². The van der Waals surface area contributed by atoms with Crippen LogP contribution in [0.2, 0.25) is 10.0 Å². The van der Waals surface area contributed by atoms with Crippen molar-refractivity contribution in [2.75, 3.05) is 24.1 Å². The lowest BCUT2D eigenvalue weighted by Gasteiger charge is -2.11. The first-order valence-electron chi connectivity index (χ1n) is 5.96. The van der Waals surface area contributed by atoms with Crippen molar-refractivity contribution in [3.8, 4) is 0 Å². The van der Waals surface area contributed by atoms with Crippen LogP contribution in [0.1, 0.15) is 18.4 Å². The van der Waals surface area contributed by atoms with Crippen LogP contribution in [0.3, 0.4) is 0 Å². The van der Waals surface area contributed by atoms with Crippen LogP contribution in [0.15, 0.2) is 12.1 Å². The lowest BCUT2D eigenvalue weighted by molar-refractivity contribution is 0.595. The molecular weight excluding hydrogens is 307 g/mol. The number of halogens is 2. The van der Waals surface area contributed by atoms with Crippen LogP contribution in [0, 0.1) is 6.92 Å². The predicted octanol–water partition coefficient (Wildman–Crippen LogP) is 3.04. The quantitative estimate of drug-likeness (QED) is 0.758. The summed E-state index contributed by atoms with van der Waals surface area (Å²) < 4.78 is 26.2. The maximum absolute atomic E-state index is 11.9. The molecule has 1 rings (SSSR count). The van der Waals surface area contributed by atoms with Crippen molar-refractivity contribution in [2.24, 2.45) is 0 Å². The Labute approximate surface area is 124 Å². The summed E-state index contributed by atoms with van der Waals surface area (Å²) in [4.78, 5) is 0. The highest BCUT2D eigenvalue weighted by molar-refractivity contribution is 7.92. The SMILES string of the molecule is CNCCCCS(=O)(=O)Nc1cc(Cl)c(C)cc1Cl. The van der Waals surface area contributed by atoms with Crippen molar-refractivity contribution >= 4 is 38.9 Å². The molecule has 0 radical (unpaired) electrons. The van der Waals surface area contributed by atoms with Gasteiger partial charge in [-0.05, 0) is 51.1 Å². The number of benzene rings is 1. The molecule has 7 heteroatoms. The maximum atomic E-state index is 11.9. The lowest BCUT2D eigenvalue weighted by atomic mass is 10.2. The molecular formula is C12H18Cl2N2O2S. The Morgan fingerprint density at radius 3 is 2.47 bits per heavy atom. The Morgan fingerprint density at radius 1 is 1.16 bits per heavy atom. The molecule has 0 aliphatic rings. The van der Waals surface area contributed by atoms with Gasteiger partial charge in [-0.2, -0.15) is 0 Å². The van der Waals surface area contributed by atoms with E-state index in [-0.39, 0.29) is 5.75 Å². The van der Waals surface area contributed by atoms with Crippen LogP contribution in [-0.4, -0.2) is 27.8 Å². The zero-order chi connectivity index (χ0) is 14.5. The number of rotatable bonds is 7. The molecule has 0 spiro atoms. The number of hydrogen-bond acceptors (Lipinski definition) is 3. The topological polar surface area (TPSA) is 58.2 Å². The Balaban J connectivity index is 2.70. The van der Waals surface area contributed by atoms with Gasteiger partial charge in [0.15, 0.2) is 0 Å². The normalized spacial score (nSPS) is 11.6. The van der Waals surface area contributed by atoms with Crippen molar-refractivity contribution in [2.45, 2.75) is 19.8 Å². The van der Waals surface area contributed by atoms with E-state index in [2.05, 4.69) is 10.0 Å². The molecule has 1 aromatic carbocycles. The van der Waals surface area contributed by atoms with Gasteiger partial charge in [-0.25, -0.2) is 8.42 Å². The minimum absolute atomic E-state index is 0.0660. The summed E-state index contributed by atoms with van der Waals surface area (Å²) in [6.07, 6.45) is 1.40. The molecule has 0 atom stereocenters. The second-order valence-electron chi connectivity index (χ2n) is 4.31. The Morgan fingerprint density at radius 2 is 1.84 bits per heavy atom. The van der Waals surface area contributed by atoms with E-state index in [0.29, 0.717) is 22.2 Å². The predicted molar refractivity (Wildman–Crippen MR) is 81.8 cm³/mol. The van der Waals surface area contributed by atoms with E-state index in [1.165, 1.54) is 6.07 Å². The average Bonchev–Trinajstić information content (AvgIpc) is 2.31. The molecule has 0 saturated carbocycles. The van der Waals surface area contributed by atoms with Gasteiger partial charge in [0.25, 0.3) is 0 Å². The Kier molecular flexibility index (Phi) is 6.39. The number of anilines is 1. The van der Waals surface area contributed by atoms with Crippen LogP contribution in [0.4, 0.5) is 5.69 Å². The van der Waals surface area contributed by atoms with Crippen molar-refractivity contribution in [1.29, 1.82) is 0 Å². The van der Waals surface area contributed by atoms with E-state index < -0.39 is 10.0 Å². The van der Waals surface area contributed by atoms with Crippen LogP contribution < -0.4 is 10.0 Å². The van der Waals surface area contributed by atoms with Crippen LogP contribution >= 0.6 is 23.2 Å². The third-order valence-corrected chi connectivity index (χ3v) is 4.68. The molecule has 0 fully saturated rings. The summed E-state index contributed by atoms with van der Waals surface area (Å²) in [7, 11) is -1.55. The monoisotopic (exact) mass is 324 g/mol. The zero-order valence-electron chi connectivity index (χ0n) is 11.0. The van der Waals surface area contributed by atoms with Gasteiger partial charge in [0.05, 0.1) is 16.5 Å². The van der Waals surface area contributed by atoms with Crippen LogP contribution in [-0.2, 0) is 10.0 Å². The minimum atomic E-state index is -3.39. The first-order valence-corrected chi connectivity index (χ1v) is 8.37. The van der Waals surface area contributed by atoms with E-state index >= 15 is 0 Å². The molecule has 0 bridgehead atoms. The molecule has 0 saturated heterocycles. The molecule has 4 nitrogen and oxygen atoms in total. The van der Waals surface area contributed by atoms with E-state index in [1.54, 1.807) is 6.07 Å². The standard InChI is InChI=1S/C12H18Cl2N2O2S/c1-9-7-11(14)12(8-10(9)13)16-19(17,18)6-4-3-5-15-2/h7-8,15-16H,3-6H2,1-2H3. The molecule has 0 aromatic heterocycles. The van der Waals surface area contributed by atoms with Crippen molar-refractivity contribution in [3.05, 3.63) is 27.7 Å². The first-order chi connectivity index (χ1) is 8.85. The van der Waals surface area contributed by atoms with Gasteiger partial charge in [0.2, 0.25) is 10.0 Å². The Hall–Kier alpha value is -0.490. The van der Waals surface area contributed by atoms with E-state index in [9.17, 15) is 8.42 Å². The van der Waals surface area contributed by atoms with Gasteiger partial charge < -0.3 is 5.32 Å². The smallest absolute Gasteiger partial charge is 0.232 e. The molecule has 108 valence electrons. The van der Waals surface area contributed by atoms with Crippen molar-refractivity contribution < 1.29 is 8.42 Å². The van der Waals surface area contributed by atoms with Crippen molar-refractivity contribution in [1.82, 2.24) is 5.32 Å². The van der Waals surface area contributed by atoms with E-state index in [4.69, 9.17) is 23.2 Å². The molecule has 1 aromatic rings. The zero-order valence-corrected chi connectivity index (χ0v) is 13.3. The Bertz CT molecular complexity index is 533. The molecule has 2 N–H and O–H groups in total. The molecule has 0 amide bonds. The fraction of sp³-hybridized carbons (Fsp3) is 0.500. The van der Waals surface area contributed by atoms with Gasteiger partial charge in [0, 0.05) is 5.02 Å². The number of nitrogens with one attached hydrogen (secondary N) is 2. The van der Waals surface area contributed by atoms with E-state index in [0.717, 1.165) is 18.5 Å². The summed E-state index contributed by atoms with van der Waals surface area (Å²) in [5.74, 6) is 0.0660. The third kappa shape index (κ3) is 5.57. The highest BCUT2D eigenvalue weighted by Crippen LogP contribution is 2.29. The number of hydrogen-bond donors (Lipinski definition) is 2. The number of unbranched alkanes of at least 4 members (excludes halogenated alkanes) is 1. The van der Waals surface area contributed by atoms with Gasteiger partial charge in [0.1, 0.15) is 0 Å². The van der Waals surface area contributed by atoms with Gasteiger partial charge >= 0.3 is 0 Å². The number of aryl methyl sites for hydroxylation is 1. The molecule has 0 unspecified atom stereocenters. The molecule has 0 aliphatic heterocycles. The van der Waals surface area contributed by atoms with Gasteiger partial charge in [-0.3, -0.25) is 4.72 Å². The second kappa shape index (κ2) is 7.33. The number of sulfonamides is 1. The van der Waals surface area contributed by atoms with Crippen molar-refractivity contribution in [3.63, 3.8) is 0 Å². The largest absolute Gasteiger partial charge is 0.320 e. The summed E-state index contributed by atoms with van der Waals surface area (Å²) in [6.45, 7) is 2.61. The van der Waals surface area contributed by atoms with Gasteiger partial charge in [-0.1, -0.05) is 23.2 Å². The average molecular weight is 325 g/mol. The highest BCUT2D eigenvalue weighted by atomic mass is 35.5. The fourth-order valence-corrected chi connectivity index (χ4v) is 3.21. The maximum Gasteiger partial charge on any atom is 0.232 e. The van der Waals surface area contributed by atoms with E-state index in [1.807, 2.05) is 14.0 Å². The summed E-state index contributed by atoms with van der Waals surface area (Å²) in [5.41, 5.74) is 1.13. The first kappa shape index (κ1) is 16.6. The highest BCUT2D eigenvalue weighted by Gasteiger charge is 2.13. The van der Waals surface area contributed by atoms with Crippen LogP contribution in [0.5, 0.6) is 0 Å². The minimum Gasteiger partial charge on any atom is -0.320 e. The molecule has 19 heavy (non-hydrogen) atoms. The third-order valence-electron chi connectivity index (χ3n) is 2.60. The lowest BCUT2D eigenvalue weighted by Crippen LogP contribution is -2.18. The van der Waals surface area contributed by atoms with Crippen LogP contribution in [0.25, 0.3) is 0 Å². The summed E-state index contributed by atoms with van der Waals surface area (Å²) in [6, 6.07) is 3.17. The summed E-state index contributed by atoms with van der Waals surface area (Å²) in [5, 5.41) is 3.80. The second-order valence-corrected chi connectivity index (χ2v) is 6.97. The molecule has 0 heterocycles. The fourth-order valence-electron chi connectivity index (χ4n) is 1.54. The molecule has 0 aliphatic carbocycles.